The minimum absolute atomic E-state index is 0. The second kappa shape index (κ2) is 4.88. The molecule has 0 aliphatic carbocycles. The Morgan fingerprint density at radius 3 is 1.75 bits per heavy atom. The minimum atomic E-state index is -0.0289. The number of halogens is 2. The number of nitrogens with two attached hydrogens (primary N) is 2. The summed E-state index contributed by atoms with van der Waals surface area (Å²) < 4.78 is 0.647. The largest absolute Gasteiger partial charge is 0.368 e. The Morgan fingerprint density at radius 1 is 1.00 bits per heavy atom. The summed E-state index contributed by atoms with van der Waals surface area (Å²) in [6, 6.07) is 0. The summed E-state index contributed by atoms with van der Waals surface area (Å²) in [7, 11) is 0. The zero-order valence-electron chi connectivity index (χ0n) is 6.20. The van der Waals surface area contributed by atoms with Crippen LogP contribution < -0.4 is 15.4 Å². The predicted molar refractivity (Wildman–Crippen MR) is 48.6 cm³/mol. The smallest absolute Gasteiger partial charge is 0.262 e. The van der Waals surface area contributed by atoms with Gasteiger partial charge >= 0.3 is 0 Å². The summed E-state index contributed by atoms with van der Waals surface area (Å²) >= 11 is 10.6. The van der Waals surface area contributed by atoms with Gasteiger partial charge in [0.2, 0.25) is 11.9 Å². The van der Waals surface area contributed by atoms with Crippen LogP contribution in [0.4, 0.5) is 17.8 Å². The van der Waals surface area contributed by atoms with Crippen LogP contribution in [0.15, 0.2) is 0 Å². The molecule has 0 aromatic carbocycles. The Kier molecular flexibility index (Phi) is 4.88. The van der Waals surface area contributed by atoms with Crippen molar-refractivity contribution in [3.63, 3.8) is 0 Å². The van der Waals surface area contributed by atoms with Crippen LogP contribution >= 0.6 is 23.6 Å². The van der Waals surface area contributed by atoms with Gasteiger partial charge in [0.25, 0.3) is 5.95 Å². The van der Waals surface area contributed by atoms with E-state index in [-0.39, 0.29) is 47.4 Å². The summed E-state index contributed by atoms with van der Waals surface area (Å²) in [5.41, 5.74) is 10.4. The molecule has 0 saturated heterocycles. The van der Waals surface area contributed by atoms with E-state index in [0.29, 0.717) is 3.94 Å². The van der Waals surface area contributed by atoms with Gasteiger partial charge in [-0.25, -0.2) is 0 Å². The van der Waals surface area contributed by atoms with Crippen molar-refractivity contribution in [1.29, 1.82) is 0 Å². The van der Waals surface area contributed by atoms with Crippen molar-refractivity contribution >= 4 is 71.0 Å². The van der Waals surface area contributed by atoms with Crippen LogP contribution in [0.3, 0.4) is 0 Å². The van der Waals surface area contributed by atoms with Crippen LogP contribution in [0.1, 0.15) is 0 Å². The molecule has 0 bridgehead atoms. The molecule has 1 aromatic heterocycles. The van der Waals surface area contributed by atoms with Crippen molar-refractivity contribution in [1.82, 2.24) is 15.0 Å². The molecule has 0 aliphatic heterocycles. The zero-order valence-corrected chi connectivity index (χ0v) is 9.71. The monoisotopic (exact) mass is 217 g/mol. The Labute approximate surface area is 101 Å². The van der Waals surface area contributed by atoms with Crippen LogP contribution in [-0.4, -0.2) is 44.5 Å². The molecule has 0 fully saturated rings. The number of hydrogen-bond donors (Lipinski definition) is 2. The van der Waals surface area contributed by atoms with Crippen molar-refractivity contribution in [2.24, 2.45) is 0 Å². The molecule has 4 N–H and O–H groups in total. The van der Waals surface area contributed by atoms with E-state index in [9.17, 15) is 0 Å². The van der Waals surface area contributed by atoms with Gasteiger partial charge in [-0.3, -0.25) is 0 Å². The van der Waals surface area contributed by atoms with E-state index >= 15 is 0 Å². The molecule has 6 nitrogen and oxygen atoms in total. The maximum atomic E-state index is 5.28. The van der Waals surface area contributed by atoms with Crippen molar-refractivity contribution in [3.8, 4) is 0 Å². The quantitative estimate of drug-likeness (QED) is 0.499. The molecule has 0 spiro atoms. The SMILES string of the molecule is Nc1nc(N)nc(N(Cl)Cl)n1.[Na]. The Balaban J connectivity index is 0.00000121. The van der Waals surface area contributed by atoms with Crippen molar-refractivity contribution < 1.29 is 0 Å². The van der Waals surface area contributed by atoms with Crippen LogP contribution in [0.2, 0.25) is 0 Å². The topological polar surface area (TPSA) is 93.9 Å². The summed E-state index contributed by atoms with van der Waals surface area (Å²) in [4.78, 5) is 10.6. The molecular weight excluding hydrogens is 214 g/mol. The fourth-order valence-electron chi connectivity index (χ4n) is 0.473. The fourth-order valence-corrected chi connectivity index (χ4v) is 0.624. The first-order valence-electron chi connectivity index (χ1n) is 2.48. The molecule has 9 heteroatoms. The number of nitrogen functional groups attached to an aromatic ring is 2. The molecule has 0 unspecified atom stereocenters. The average molecular weight is 218 g/mol. The van der Waals surface area contributed by atoms with Gasteiger partial charge in [-0.15, -0.1) is 0 Å². The standard InChI is InChI=1S/C3H4Cl2N6.Na/c4-11(5)3-9-1(6)8-2(7)10-3;/h(H4,6,7,8,9,10);. The van der Waals surface area contributed by atoms with Crippen molar-refractivity contribution in [2.75, 3.05) is 15.4 Å². The number of anilines is 3. The number of aromatic nitrogens is 3. The average Bonchev–Trinajstić information content (AvgIpc) is 1.85. The molecule has 61 valence electrons. The Hall–Kier alpha value is -0.01000. The predicted octanol–water partition coefficient (Wildman–Crippen LogP) is -0.231. The summed E-state index contributed by atoms with van der Waals surface area (Å²) in [5.74, 6) is -0.0593. The van der Waals surface area contributed by atoms with Gasteiger partial charge in [-0.05, 0) is 0 Å². The molecule has 1 radical (unpaired) electrons. The molecule has 0 amide bonds. The van der Waals surface area contributed by atoms with E-state index in [1.165, 1.54) is 0 Å². The second-order valence-electron chi connectivity index (χ2n) is 1.58. The van der Waals surface area contributed by atoms with E-state index in [1.807, 2.05) is 0 Å². The number of rotatable bonds is 1. The van der Waals surface area contributed by atoms with Gasteiger partial charge in [0.05, 0.1) is 0 Å². The van der Waals surface area contributed by atoms with Gasteiger partial charge in [0.1, 0.15) is 0 Å². The molecular formula is C3H4Cl2N6Na. The van der Waals surface area contributed by atoms with Crippen molar-refractivity contribution in [3.05, 3.63) is 0 Å². The molecule has 1 aromatic rings. The van der Waals surface area contributed by atoms with E-state index in [1.54, 1.807) is 0 Å². The van der Waals surface area contributed by atoms with Crippen LogP contribution in [0, 0.1) is 0 Å². The van der Waals surface area contributed by atoms with Crippen LogP contribution in [0.25, 0.3) is 0 Å². The summed E-state index contributed by atoms with van der Waals surface area (Å²) in [6.45, 7) is 0. The zero-order chi connectivity index (χ0) is 8.43. The van der Waals surface area contributed by atoms with E-state index in [4.69, 9.17) is 35.0 Å². The maximum absolute atomic E-state index is 5.28. The first-order chi connectivity index (χ1) is 5.09. The van der Waals surface area contributed by atoms with E-state index < -0.39 is 0 Å². The molecule has 0 aliphatic rings. The Bertz CT molecular complexity index is 247. The molecule has 12 heavy (non-hydrogen) atoms. The maximum Gasteiger partial charge on any atom is 0.262 e. The third kappa shape index (κ3) is 3.16. The van der Waals surface area contributed by atoms with Crippen LogP contribution in [0.5, 0.6) is 0 Å². The Morgan fingerprint density at radius 2 is 1.42 bits per heavy atom. The molecule has 1 heterocycles. The second-order valence-corrected chi connectivity index (χ2v) is 2.43. The first kappa shape index (κ1) is 12.0. The normalized spacial score (nSPS) is 8.83. The molecule has 0 saturated carbocycles. The number of nitrogens with zero attached hydrogens (tertiary/aromatic N) is 4. The fraction of sp³-hybridized carbons (Fsp3) is 0. The van der Waals surface area contributed by atoms with E-state index in [0.717, 1.165) is 0 Å². The summed E-state index contributed by atoms with van der Waals surface area (Å²) in [6.07, 6.45) is 0. The van der Waals surface area contributed by atoms with Gasteiger partial charge in [0, 0.05) is 53.1 Å². The van der Waals surface area contributed by atoms with Gasteiger partial charge in [0.15, 0.2) is 0 Å². The minimum Gasteiger partial charge on any atom is -0.368 e. The van der Waals surface area contributed by atoms with Gasteiger partial charge < -0.3 is 11.5 Å². The third-order valence-corrected chi connectivity index (χ3v) is 1.11. The summed E-state index contributed by atoms with van der Waals surface area (Å²) in [5, 5.41) is 0. The van der Waals surface area contributed by atoms with Crippen molar-refractivity contribution in [2.45, 2.75) is 0 Å². The van der Waals surface area contributed by atoms with Gasteiger partial charge in [-0.1, -0.05) is 0 Å². The molecule has 1 rings (SSSR count). The third-order valence-electron chi connectivity index (χ3n) is 0.809. The van der Waals surface area contributed by atoms with Crippen LogP contribution in [-0.2, 0) is 0 Å². The van der Waals surface area contributed by atoms with E-state index in [2.05, 4.69) is 15.0 Å². The number of hydrogen-bond acceptors (Lipinski definition) is 6. The van der Waals surface area contributed by atoms with Gasteiger partial charge in [-0.2, -0.15) is 18.9 Å². The first-order valence-corrected chi connectivity index (χ1v) is 3.16. The molecule has 0 atom stereocenters.